The van der Waals surface area contributed by atoms with Crippen LogP contribution in [0.1, 0.15) is 31.7 Å². The smallest absolute Gasteiger partial charge is 0.297 e. The minimum atomic E-state index is -4.04. The average Bonchev–Trinajstić information content (AvgIpc) is 2.97. The molecular formula is C31H35N3O6S. The second kappa shape index (κ2) is 12.4. The van der Waals surface area contributed by atoms with Gasteiger partial charge < -0.3 is 19.1 Å². The molecule has 0 saturated carbocycles. The van der Waals surface area contributed by atoms with Crippen molar-refractivity contribution in [2.75, 3.05) is 32.2 Å². The summed E-state index contributed by atoms with van der Waals surface area (Å²) in [7, 11) is -0.137. The molecule has 41 heavy (non-hydrogen) atoms. The lowest BCUT2D eigenvalue weighted by molar-refractivity contribution is -0.106. The van der Waals surface area contributed by atoms with Gasteiger partial charge in [0, 0.05) is 43.7 Å². The van der Waals surface area contributed by atoms with Gasteiger partial charge in [-0.15, -0.1) is 0 Å². The molecule has 0 spiro atoms. The van der Waals surface area contributed by atoms with Crippen molar-refractivity contribution in [1.29, 1.82) is 0 Å². The van der Waals surface area contributed by atoms with Crippen LogP contribution < -0.4 is 14.4 Å². The molecule has 2 aromatic carbocycles. The molecule has 5 rings (SSSR count). The third-order valence-electron chi connectivity index (χ3n) is 6.78. The Morgan fingerprint density at radius 1 is 1.05 bits per heavy atom. The summed E-state index contributed by atoms with van der Waals surface area (Å²) in [5, 5.41) is 0.902. The number of anilines is 1. The van der Waals surface area contributed by atoms with Crippen LogP contribution in [0, 0.1) is 6.92 Å². The number of aromatic nitrogens is 2. The molecule has 9 nitrogen and oxygen atoms in total. The molecule has 0 radical (unpaired) electrons. The second-order valence-electron chi connectivity index (χ2n) is 10.4. The lowest BCUT2D eigenvalue weighted by atomic mass is 10.1. The number of rotatable bonds is 10. The fourth-order valence-corrected chi connectivity index (χ4v) is 5.56. The average molecular weight is 578 g/mol. The minimum Gasteiger partial charge on any atom is -0.491 e. The SMILES string of the molecule is Cc1ccc(S(=O)(=O)OC(C)COc2ccc3nc(-c4ccc(N(C)C)nc4)ccc3c2)cc1OC1CCCCO1. The summed E-state index contributed by atoms with van der Waals surface area (Å²) in [6.45, 7) is 4.21. The van der Waals surface area contributed by atoms with Crippen molar-refractivity contribution in [2.24, 2.45) is 0 Å². The molecule has 10 heteroatoms. The summed E-state index contributed by atoms with van der Waals surface area (Å²) < 4.78 is 48.9. The van der Waals surface area contributed by atoms with Crippen molar-refractivity contribution in [1.82, 2.24) is 9.97 Å². The maximum absolute atomic E-state index is 13.0. The molecule has 2 aromatic heterocycles. The van der Waals surface area contributed by atoms with Gasteiger partial charge >= 0.3 is 0 Å². The van der Waals surface area contributed by atoms with E-state index in [1.54, 1.807) is 13.0 Å². The van der Waals surface area contributed by atoms with E-state index in [0.717, 1.165) is 52.8 Å². The van der Waals surface area contributed by atoms with Crippen LogP contribution in [0.3, 0.4) is 0 Å². The largest absolute Gasteiger partial charge is 0.491 e. The predicted molar refractivity (Wildman–Crippen MR) is 158 cm³/mol. The highest BCUT2D eigenvalue weighted by atomic mass is 32.2. The van der Waals surface area contributed by atoms with E-state index in [4.69, 9.17) is 23.4 Å². The van der Waals surface area contributed by atoms with Crippen LogP contribution in [0.5, 0.6) is 11.5 Å². The molecule has 3 heterocycles. The van der Waals surface area contributed by atoms with Gasteiger partial charge in [-0.2, -0.15) is 8.42 Å². The lowest BCUT2D eigenvalue weighted by Gasteiger charge is -2.24. The molecule has 2 unspecified atom stereocenters. The number of aryl methyl sites for hydroxylation is 1. The van der Waals surface area contributed by atoms with Gasteiger partial charge in [0.15, 0.2) is 6.29 Å². The van der Waals surface area contributed by atoms with Gasteiger partial charge in [-0.05, 0) is 74.7 Å². The number of ether oxygens (including phenoxy) is 3. The van der Waals surface area contributed by atoms with E-state index in [2.05, 4.69) is 4.98 Å². The van der Waals surface area contributed by atoms with Crippen LogP contribution in [0.15, 0.2) is 71.8 Å². The summed E-state index contributed by atoms with van der Waals surface area (Å²) in [4.78, 5) is 11.2. The Kier molecular flexibility index (Phi) is 8.72. The third kappa shape index (κ3) is 7.13. The van der Waals surface area contributed by atoms with E-state index < -0.39 is 16.2 Å². The Bertz CT molecular complexity index is 1600. The number of nitrogens with zero attached hydrogens (tertiary/aromatic N) is 3. The molecule has 4 aromatic rings. The summed E-state index contributed by atoms with van der Waals surface area (Å²) >= 11 is 0. The van der Waals surface area contributed by atoms with Gasteiger partial charge in [-0.3, -0.25) is 4.18 Å². The van der Waals surface area contributed by atoms with Crippen LogP contribution in [0.2, 0.25) is 0 Å². The van der Waals surface area contributed by atoms with Gasteiger partial charge in [-0.25, -0.2) is 9.97 Å². The molecule has 0 aliphatic carbocycles. The first-order chi connectivity index (χ1) is 19.7. The van der Waals surface area contributed by atoms with Crippen LogP contribution in [-0.4, -0.2) is 58.1 Å². The van der Waals surface area contributed by atoms with Gasteiger partial charge in [0.2, 0.25) is 0 Å². The maximum Gasteiger partial charge on any atom is 0.297 e. The van der Waals surface area contributed by atoms with Crippen LogP contribution in [0.4, 0.5) is 5.82 Å². The highest BCUT2D eigenvalue weighted by molar-refractivity contribution is 7.86. The number of pyridine rings is 2. The Morgan fingerprint density at radius 2 is 1.90 bits per heavy atom. The first kappa shape index (κ1) is 28.8. The normalized spacial score (nSPS) is 16.3. The van der Waals surface area contributed by atoms with E-state index in [9.17, 15) is 8.42 Å². The third-order valence-corrected chi connectivity index (χ3v) is 8.20. The first-order valence-electron chi connectivity index (χ1n) is 13.7. The molecular weight excluding hydrogens is 542 g/mol. The quantitative estimate of drug-likeness (QED) is 0.218. The summed E-state index contributed by atoms with van der Waals surface area (Å²) in [6, 6.07) is 18.2. The van der Waals surface area contributed by atoms with Crippen molar-refractivity contribution in [3.05, 3.63) is 72.4 Å². The van der Waals surface area contributed by atoms with Crippen molar-refractivity contribution < 1.29 is 26.8 Å². The minimum absolute atomic E-state index is 0.0277. The topological polar surface area (TPSA) is 100 Å². The molecule has 0 amide bonds. The molecule has 1 saturated heterocycles. The van der Waals surface area contributed by atoms with Gasteiger partial charge in [0.1, 0.15) is 30.0 Å². The molecule has 0 N–H and O–H groups in total. The van der Waals surface area contributed by atoms with Crippen LogP contribution in [0.25, 0.3) is 22.2 Å². The van der Waals surface area contributed by atoms with E-state index >= 15 is 0 Å². The van der Waals surface area contributed by atoms with Crippen LogP contribution in [-0.2, 0) is 19.0 Å². The molecule has 0 bridgehead atoms. The van der Waals surface area contributed by atoms with Crippen molar-refractivity contribution in [3.8, 4) is 22.8 Å². The Hall–Kier alpha value is -3.73. The number of fused-ring (bicyclic) bond motifs is 1. The van der Waals surface area contributed by atoms with E-state index in [1.165, 1.54) is 12.1 Å². The summed E-state index contributed by atoms with van der Waals surface area (Å²) in [6.07, 6.45) is 3.51. The Labute approximate surface area is 241 Å². The Morgan fingerprint density at radius 3 is 2.63 bits per heavy atom. The maximum atomic E-state index is 13.0. The molecule has 216 valence electrons. The fraction of sp³-hybridized carbons (Fsp3) is 0.355. The fourth-order valence-electron chi connectivity index (χ4n) is 4.48. The van der Waals surface area contributed by atoms with Crippen molar-refractivity contribution >= 4 is 26.8 Å². The number of hydrogen-bond acceptors (Lipinski definition) is 9. The predicted octanol–water partition coefficient (Wildman–Crippen LogP) is 5.75. The second-order valence-corrected chi connectivity index (χ2v) is 11.9. The van der Waals surface area contributed by atoms with Gasteiger partial charge in [-0.1, -0.05) is 12.1 Å². The highest BCUT2D eigenvalue weighted by Gasteiger charge is 2.23. The zero-order valence-electron chi connectivity index (χ0n) is 23.7. The van der Waals surface area contributed by atoms with E-state index in [0.29, 0.717) is 18.1 Å². The number of hydrogen-bond donors (Lipinski definition) is 0. The Balaban J connectivity index is 1.21. The molecule has 2 atom stereocenters. The van der Waals surface area contributed by atoms with Crippen LogP contribution >= 0.6 is 0 Å². The monoisotopic (exact) mass is 577 g/mol. The highest BCUT2D eigenvalue weighted by Crippen LogP contribution is 2.28. The van der Waals surface area contributed by atoms with E-state index in [1.807, 2.05) is 74.6 Å². The standard InChI is InChI=1S/C31H35N3O6S/c1-21-8-12-26(18-29(21)39-31-7-5-6-16-37-31)41(35,36)40-22(2)20-38-25-11-14-27-23(17-25)9-13-28(33-27)24-10-15-30(32-19-24)34(3)4/h8-15,17-19,22,31H,5-7,16,20H2,1-4H3. The zero-order chi connectivity index (χ0) is 29.0. The zero-order valence-corrected chi connectivity index (χ0v) is 24.6. The molecule has 1 fully saturated rings. The molecule has 1 aliphatic heterocycles. The summed E-state index contributed by atoms with van der Waals surface area (Å²) in [5.74, 6) is 1.94. The van der Waals surface area contributed by atoms with Gasteiger partial charge in [0.05, 0.1) is 22.7 Å². The molecule has 1 aliphatic rings. The van der Waals surface area contributed by atoms with Crippen molar-refractivity contribution in [2.45, 2.75) is 50.4 Å². The lowest BCUT2D eigenvalue weighted by Crippen LogP contribution is -2.25. The first-order valence-corrected chi connectivity index (χ1v) is 15.1. The number of benzene rings is 2. The van der Waals surface area contributed by atoms with Crippen molar-refractivity contribution in [3.63, 3.8) is 0 Å². The van der Waals surface area contributed by atoms with E-state index in [-0.39, 0.29) is 17.8 Å². The summed E-state index contributed by atoms with van der Waals surface area (Å²) in [5.41, 5.74) is 3.40. The van der Waals surface area contributed by atoms with Gasteiger partial charge in [0.25, 0.3) is 10.1 Å².